The molecule has 0 aliphatic carbocycles. The monoisotopic (exact) mass is 270 g/mol. The molecule has 106 valence electrons. The third-order valence-electron chi connectivity index (χ3n) is 3.02. The summed E-state index contributed by atoms with van der Waals surface area (Å²) in [5, 5.41) is 19.8. The Labute approximate surface area is 110 Å². The Morgan fingerprint density at radius 1 is 1.63 bits per heavy atom. The van der Waals surface area contributed by atoms with E-state index in [2.05, 4.69) is 25.9 Å². The standard InChI is InChI=1S/C10H18N6O3/c1-15-9(11-13-14-15)6-16-4-2-3-8(5-16)12-19-7-10(17)18/h8,12H,2-7H2,1H3,(H,17,18). The average Bonchev–Trinajstić information content (AvgIpc) is 2.75. The van der Waals surface area contributed by atoms with Crippen molar-refractivity contribution in [1.29, 1.82) is 0 Å². The van der Waals surface area contributed by atoms with Gasteiger partial charge in [-0.3, -0.25) is 9.74 Å². The second kappa shape index (κ2) is 6.55. The van der Waals surface area contributed by atoms with Crippen molar-refractivity contribution >= 4 is 5.97 Å². The van der Waals surface area contributed by atoms with Crippen molar-refractivity contribution in [3.63, 3.8) is 0 Å². The summed E-state index contributed by atoms with van der Waals surface area (Å²) in [7, 11) is 1.81. The minimum atomic E-state index is -0.981. The lowest BCUT2D eigenvalue weighted by molar-refractivity contribution is -0.146. The molecule has 9 heteroatoms. The topological polar surface area (TPSA) is 105 Å². The molecule has 2 rings (SSSR count). The number of tetrazole rings is 1. The zero-order valence-electron chi connectivity index (χ0n) is 10.8. The summed E-state index contributed by atoms with van der Waals surface area (Å²) in [6.07, 6.45) is 1.99. The number of nitrogens with zero attached hydrogens (tertiary/aromatic N) is 5. The highest BCUT2D eigenvalue weighted by atomic mass is 16.7. The highest BCUT2D eigenvalue weighted by Gasteiger charge is 2.21. The molecule has 1 saturated heterocycles. The van der Waals surface area contributed by atoms with Gasteiger partial charge in [0, 0.05) is 19.6 Å². The summed E-state index contributed by atoms with van der Waals surface area (Å²) in [4.78, 5) is 17.5. The Hall–Kier alpha value is -1.58. The third kappa shape index (κ3) is 4.23. The van der Waals surface area contributed by atoms with Crippen LogP contribution in [0.3, 0.4) is 0 Å². The van der Waals surface area contributed by atoms with Gasteiger partial charge < -0.3 is 5.11 Å². The van der Waals surface area contributed by atoms with Crippen molar-refractivity contribution < 1.29 is 14.7 Å². The van der Waals surface area contributed by atoms with E-state index < -0.39 is 5.97 Å². The number of aromatic nitrogens is 4. The number of hydrogen-bond acceptors (Lipinski definition) is 7. The maximum absolute atomic E-state index is 10.4. The molecule has 2 heterocycles. The number of carboxylic acids is 1. The largest absolute Gasteiger partial charge is 0.479 e. The Morgan fingerprint density at radius 2 is 2.47 bits per heavy atom. The highest BCUT2D eigenvalue weighted by Crippen LogP contribution is 2.12. The lowest BCUT2D eigenvalue weighted by Crippen LogP contribution is -2.45. The van der Waals surface area contributed by atoms with Gasteiger partial charge in [0.1, 0.15) is 0 Å². The van der Waals surface area contributed by atoms with Crippen LogP contribution >= 0.6 is 0 Å². The predicted molar refractivity (Wildman–Crippen MR) is 63.8 cm³/mol. The summed E-state index contributed by atoms with van der Waals surface area (Å²) in [6.45, 7) is 2.11. The van der Waals surface area contributed by atoms with Crippen LogP contribution in [0.5, 0.6) is 0 Å². The molecule has 1 aromatic heterocycles. The van der Waals surface area contributed by atoms with Crippen molar-refractivity contribution in [3.8, 4) is 0 Å². The van der Waals surface area contributed by atoms with Crippen molar-refractivity contribution in [2.24, 2.45) is 7.05 Å². The first kappa shape index (κ1) is 13.8. The summed E-state index contributed by atoms with van der Waals surface area (Å²) < 4.78 is 1.65. The predicted octanol–water partition coefficient (Wildman–Crippen LogP) is -1.22. The molecule has 1 atom stereocenters. The van der Waals surface area contributed by atoms with E-state index in [1.807, 2.05) is 7.05 Å². The summed E-state index contributed by atoms with van der Waals surface area (Å²) in [5.41, 5.74) is 2.80. The number of rotatable bonds is 6. The van der Waals surface area contributed by atoms with Gasteiger partial charge in [0.05, 0.1) is 6.54 Å². The molecule has 0 radical (unpaired) electrons. The lowest BCUT2D eigenvalue weighted by atomic mass is 10.1. The van der Waals surface area contributed by atoms with Crippen LogP contribution < -0.4 is 5.48 Å². The number of carbonyl (C=O) groups is 1. The van der Waals surface area contributed by atoms with Crippen LogP contribution in [0.25, 0.3) is 0 Å². The zero-order chi connectivity index (χ0) is 13.7. The van der Waals surface area contributed by atoms with Gasteiger partial charge in [-0.1, -0.05) is 0 Å². The number of aliphatic carboxylic acids is 1. The smallest absolute Gasteiger partial charge is 0.331 e. The summed E-state index contributed by atoms with van der Waals surface area (Å²) >= 11 is 0. The van der Waals surface area contributed by atoms with Crippen LogP contribution in [0.4, 0.5) is 0 Å². The first-order chi connectivity index (χ1) is 9.15. The van der Waals surface area contributed by atoms with Crippen LogP contribution in [0.1, 0.15) is 18.7 Å². The first-order valence-electron chi connectivity index (χ1n) is 6.18. The van der Waals surface area contributed by atoms with Crippen molar-refractivity contribution in [3.05, 3.63) is 5.82 Å². The number of piperidine rings is 1. The number of hydroxylamine groups is 1. The fraction of sp³-hybridized carbons (Fsp3) is 0.800. The second-order valence-corrected chi connectivity index (χ2v) is 4.59. The number of aryl methyl sites for hydroxylation is 1. The van der Waals surface area contributed by atoms with Gasteiger partial charge in [0.2, 0.25) is 0 Å². The molecule has 0 saturated carbocycles. The van der Waals surface area contributed by atoms with Crippen LogP contribution in [-0.2, 0) is 23.2 Å². The van der Waals surface area contributed by atoms with Gasteiger partial charge in [0.25, 0.3) is 0 Å². The van der Waals surface area contributed by atoms with E-state index in [0.717, 1.165) is 31.8 Å². The second-order valence-electron chi connectivity index (χ2n) is 4.59. The first-order valence-corrected chi connectivity index (χ1v) is 6.18. The fourth-order valence-electron chi connectivity index (χ4n) is 2.10. The minimum absolute atomic E-state index is 0.134. The van der Waals surface area contributed by atoms with Gasteiger partial charge in [-0.15, -0.1) is 5.10 Å². The molecule has 1 aromatic rings. The molecule has 1 unspecified atom stereocenters. The summed E-state index contributed by atoms with van der Waals surface area (Å²) in [6, 6.07) is 0.134. The molecular weight excluding hydrogens is 252 g/mol. The molecule has 2 N–H and O–H groups in total. The van der Waals surface area contributed by atoms with Crippen molar-refractivity contribution in [1.82, 2.24) is 30.6 Å². The summed E-state index contributed by atoms with van der Waals surface area (Å²) in [5.74, 6) is -0.169. The van der Waals surface area contributed by atoms with Crippen LogP contribution in [0, 0.1) is 0 Å². The molecule has 1 aliphatic heterocycles. The van der Waals surface area contributed by atoms with E-state index in [0.29, 0.717) is 6.54 Å². The van der Waals surface area contributed by atoms with Gasteiger partial charge >= 0.3 is 5.97 Å². The van der Waals surface area contributed by atoms with Gasteiger partial charge in [-0.05, 0) is 29.8 Å². The van der Waals surface area contributed by atoms with E-state index in [9.17, 15) is 4.79 Å². The Bertz CT molecular complexity index is 423. The Balaban J connectivity index is 1.77. The van der Waals surface area contributed by atoms with E-state index in [1.165, 1.54) is 0 Å². The van der Waals surface area contributed by atoms with Crippen LogP contribution in [0.15, 0.2) is 0 Å². The lowest BCUT2D eigenvalue weighted by Gasteiger charge is -2.32. The SMILES string of the molecule is Cn1nnnc1CN1CCCC(NOCC(=O)O)C1. The number of carboxylic acid groups (broad SMARTS) is 1. The molecular formula is C10H18N6O3. The minimum Gasteiger partial charge on any atom is -0.479 e. The zero-order valence-corrected chi connectivity index (χ0v) is 10.8. The van der Waals surface area contributed by atoms with Gasteiger partial charge in [0.15, 0.2) is 12.4 Å². The third-order valence-corrected chi connectivity index (χ3v) is 3.02. The molecule has 1 fully saturated rings. The normalized spacial score (nSPS) is 20.6. The average molecular weight is 270 g/mol. The maximum Gasteiger partial charge on any atom is 0.331 e. The van der Waals surface area contributed by atoms with E-state index in [1.54, 1.807) is 4.68 Å². The molecule has 0 aromatic carbocycles. The van der Waals surface area contributed by atoms with Crippen molar-refractivity contribution in [2.45, 2.75) is 25.4 Å². The van der Waals surface area contributed by atoms with Crippen molar-refractivity contribution in [2.75, 3.05) is 19.7 Å². The molecule has 0 amide bonds. The fourth-order valence-corrected chi connectivity index (χ4v) is 2.10. The highest BCUT2D eigenvalue weighted by molar-refractivity contribution is 5.67. The van der Waals surface area contributed by atoms with E-state index in [-0.39, 0.29) is 12.6 Å². The number of hydrogen-bond donors (Lipinski definition) is 2. The quantitative estimate of drug-likeness (QED) is 0.620. The molecule has 19 heavy (non-hydrogen) atoms. The Kier molecular flexibility index (Phi) is 4.77. The van der Waals surface area contributed by atoms with E-state index in [4.69, 9.17) is 9.94 Å². The van der Waals surface area contributed by atoms with E-state index >= 15 is 0 Å². The Morgan fingerprint density at radius 3 is 3.16 bits per heavy atom. The molecule has 9 nitrogen and oxygen atoms in total. The van der Waals surface area contributed by atoms with Crippen LogP contribution in [-0.4, -0.2) is 61.9 Å². The molecule has 0 spiro atoms. The maximum atomic E-state index is 10.4. The molecule has 1 aliphatic rings. The van der Waals surface area contributed by atoms with Gasteiger partial charge in [-0.25, -0.2) is 9.48 Å². The van der Waals surface area contributed by atoms with Crippen LogP contribution in [0.2, 0.25) is 0 Å². The number of likely N-dealkylation sites (tertiary alicyclic amines) is 1. The number of nitrogens with one attached hydrogen (secondary N) is 1. The van der Waals surface area contributed by atoms with Gasteiger partial charge in [-0.2, -0.15) is 5.48 Å². The molecule has 0 bridgehead atoms.